The molecule has 150 valence electrons. The number of anilines is 1. The summed E-state index contributed by atoms with van der Waals surface area (Å²) in [7, 11) is 0. The summed E-state index contributed by atoms with van der Waals surface area (Å²) in [5, 5.41) is 3.81. The largest absolute Gasteiger partial charge is 0.443 e. The lowest BCUT2D eigenvalue weighted by Crippen LogP contribution is -2.26. The van der Waals surface area contributed by atoms with Gasteiger partial charge in [-0.1, -0.05) is 60.7 Å². The van der Waals surface area contributed by atoms with Crippen LogP contribution >= 0.6 is 0 Å². The lowest BCUT2D eigenvalue weighted by Gasteiger charge is -2.19. The van der Waals surface area contributed by atoms with E-state index in [9.17, 15) is 9.59 Å². The minimum absolute atomic E-state index is 0.302. The molecule has 1 atom stereocenters. The Morgan fingerprint density at radius 3 is 2.40 bits per heavy atom. The normalized spacial score (nSPS) is 11.8. The van der Waals surface area contributed by atoms with Crippen molar-refractivity contribution in [2.45, 2.75) is 20.0 Å². The molecule has 4 aromatic rings. The number of benzene rings is 3. The van der Waals surface area contributed by atoms with Crippen LogP contribution in [0.25, 0.3) is 10.9 Å². The summed E-state index contributed by atoms with van der Waals surface area (Å²) in [4.78, 5) is 29.0. The molecule has 0 saturated carbocycles. The van der Waals surface area contributed by atoms with Gasteiger partial charge in [-0.3, -0.25) is 4.79 Å². The summed E-state index contributed by atoms with van der Waals surface area (Å²) >= 11 is 0. The van der Waals surface area contributed by atoms with E-state index >= 15 is 0 Å². The van der Waals surface area contributed by atoms with Gasteiger partial charge in [-0.25, -0.2) is 4.79 Å². The molecule has 0 aliphatic rings. The highest BCUT2D eigenvalue weighted by Crippen LogP contribution is 2.24. The van der Waals surface area contributed by atoms with Crippen LogP contribution in [0.4, 0.5) is 5.69 Å². The topological polar surface area (TPSA) is 71.2 Å². The monoisotopic (exact) mass is 398 g/mol. The molecule has 0 fully saturated rings. The maximum atomic E-state index is 13.1. The maximum absolute atomic E-state index is 13.1. The van der Waals surface area contributed by atoms with Crippen molar-refractivity contribution in [3.8, 4) is 0 Å². The smallest absolute Gasteiger partial charge is 0.355 e. The molecule has 0 unspecified atom stereocenters. The third-order valence-electron chi connectivity index (χ3n) is 4.97. The van der Waals surface area contributed by atoms with E-state index in [1.165, 1.54) is 0 Å². The second kappa shape index (κ2) is 8.25. The Kier molecular flexibility index (Phi) is 5.35. The molecule has 0 aliphatic heterocycles. The van der Waals surface area contributed by atoms with E-state index in [0.717, 1.165) is 22.0 Å². The van der Waals surface area contributed by atoms with Gasteiger partial charge in [0.2, 0.25) is 6.10 Å². The van der Waals surface area contributed by atoms with E-state index in [4.69, 9.17) is 4.74 Å². The number of nitrogens with one attached hydrogen (secondary N) is 2. The Morgan fingerprint density at radius 2 is 1.63 bits per heavy atom. The average molecular weight is 398 g/mol. The first kappa shape index (κ1) is 19.5. The van der Waals surface area contributed by atoms with Crippen molar-refractivity contribution in [1.29, 1.82) is 0 Å². The van der Waals surface area contributed by atoms with E-state index in [0.29, 0.717) is 16.9 Å². The van der Waals surface area contributed by atoms with Crippen molar-refractivity contribution in [1.82, 2.24) is 4.98 Å². The summed E-state index contributed by atoms with van der Waals surface area (Å²) in [5.74, 6) is -0.990. The minimum Gasteiger partial charge on any atom is -0.443 e. The van der Waals surface area contributed by atoms with Crippen LogP contribution in [0.1, 0.15) is 33.3 Å². The Morgan fingerprint density at radius 1 is 0.900 bits per heavy atom. The number of hydrogen-bond donors (Lipinski definition) is 2. The number of rotatable bonds is 5. The summed E-state index contributed by atoms with van der Waals surface area (Å²) in [6, 6.07) is 24.1. The molecule has 3 aromatic carbocycles. The van der Waals surface area contributed by atoms with Crippen LogP contribution in [-0.4, -0.2) is 16.9 Å². The van der Waals surface area contributed by atoms with Gasteiger partial charge in [0, 0.05) is 22.2 Å². The molecule has 30 heavy (non-hydrogen) atoms. The van der Waals surface area contributed by atoms with E-state index in [1.807, 2.05) is 74.5 Å². The fourth-order valence-corrected chi connectivity index (χ4v) is 3.32. The summed E-state index contributed by atoms with van der Waals surface area (Å²) in [6.45, 7) is 3.88. The lowest BCUT2D eigenvalue weighted by atomic mass is 10.1. The first-order valence-electron chi connectivity index (χ1n) is 9.73. The Hall–Kier alpha value is -3.86. The molecule has 0 aliphatic carbocycles. The predicted molar refractivity (Wildman–Crippen MR) is 117 cm³/mol. The van der Waals surface area contributed by atoms with Gasteiger partial charge >= 0.3 is 5.97 Å². The van der Waals surface area contributed by atoms with Gasteiger partial charge in [0.25, 0.3) is 5.91 Å². The van der Waals surface area contributed by atoms with Gasteiger partial charge in [-0.15, -0.1) is 0 Å². The fraction of sp³-hybridized carbons (Fsp3) is 0.120. The highest BCUT2D eigenvalue weighted by molar-refractivity contribution is 5.99. The molecule has 1 amide bonds. The number of esters is 1. The van der Waals surface area contributed by atoms with E-state index in [1.54, 1.807) is 18.2 Å². The van der Waals surface area contributed by atoms with E-state index in [-0.39, 0.29) is 0 Å². The van der Waals surface area contributed by atoms with Crippen LogP contribution in [0.3, 0.4) is 0 Å². The van der Waals surface area contributed by atoms with E-state index in [2.05, 4.69) is 10.3 Å². The number of fused-ring (bicyclic) bond motifs is 1. The van der Waals surface area contributed by atoms with E-state index < -0.39 is 18.0 Å². The molecule has 1 aromatic heterocycles. The van der Waals surface area contributed by atoms with Gasteiger partial charge in [-0.2, -0.15) is 0 Å². The van der Waals surface area contributed by atoms with Crippen LogP contribution in [0.2, 0.25) is 0 Å². The zero-order chi connectivity index (χ0) is 21.1. The molecule has 4 rings (SSSR count). The number of aromatic amines is 1. The van der Waals surface area contributed by atoms with Gasteiger partial charge in [0.1, 0.15) is 5.69 Å². The molecule has 1 heterocycles. The fourth-order valence-electron chi connectivity index (χ4n) is 3.32. The minimum atomic E-state index is -1.08. The number of hydrogen-bond acceptors (Lipinski definition) is 3. The van der Waals surface area contributed by atoms with Gasteiger partial charge < -0.3 is 15.0 Å². The average Bonchev–Trinajstić information content (AvgIpc) is 3.19. The molecule has 2 N–H and O–H groups in total. The number of aryl methyl sites for hydroxylation is 2. The second-order valence-electron chi connectivity index (χ2n) is 7.27. The Labute approximate surface area is 174 Å². The van der Waals surface area contributed by atoms with Crippen molar-refractivity contribution >= 4 is 28.5 Å². The van der Waals surface area contributed by atoms with Crippen LogP contribution in [0.5, 0.6) is 0 Å². The molecular weight excluding hydrogens is 376 g/mol. The molecule has 5 nitrogen and oxygen atoms in total. The summed E-state index contributed by atoms with van der Waals surface area (Å²) in [6.07, 6.45) is -1.08. The first-order valence-corrected chi connectivity index (χ1v) is 9.73. The van der Waals surface area contributed by atoms with Gasteiger partial charge in [-0.05, 0) is 43.2 Å². The number of ether oxygens (including phenoxy) is 1. The standard InChI is InChI=1S/C25H22N2O3/c1-16-12-13-17(2)21(14-16)27-24(28)23(18-8-4-3-5-9-18)30-25(29)22-15-19-10-6-7-11-20(19)26-22/h3-15,23,26H,1-2H3,(H,27,28)/t23-/m1/s1. The molecule has 0 saturated heterocycles. The van der Waals surface area contributed by atoms with Crippen molar-refractivity contribution < 1.29 is 14.3 Å². The molecule has 0 radical (unpaired) electrons. The zero-order valence-electron chi connectivity index (χ0n) is 16.8. The van der Waals surface area contributed by atoms with Crippen LogP contribution in [0.15, 0.2) is 78.9 Å². The van der Waals surface area contributed by atoms with Crippen LogP contribution in [0, 0.1) is 13.8 Å². The van der Waals surface area contributed by atoms with Crippen LogP contribution < -0.4 is 5.32 Å². The Bertz CT molecular complexity index is 1180. The number of para-hydroxylation sites is 1. The van der Waals surface area contributed by atoms with Crippen molar-refractivity contribution in [3.63, 3.8) is 0 Å². The lowest BCUT2D eigenvalue weighted by molar-refractivity contribution is -0.125. The van der Waals surface area contributed by atoms with Gasteiger partial charge in [0.15, 0.2) is 0 Å². The predicted octanol–water partition coefficient (Wildman–Crippen LogP) is 5.32. The number of carbonyl (C=O) groups is 2. The van der Waals surface area contributed by atoms with Gasteiger partial charge in [0.05, 0.1) is 0 Å². The maximum Gasteiger partial charge on any atom is 0.355 e. The first-order chi connectivity index (χ1) is 14.5. The zero-order valence-corrected chi connectivity index (χ0v) is 16.8. The third kappa shape index (κ3) is 4.10. The highest BCUT2D eigenvalue weighted by Gasteiger charge is 2.27. The molecule has 5 heteroatoms. The summed E-state index contributed by atoms with van der Waals surface area (Å²) < 4.78 is 5.67. The van der Waals surface area contributed by atoms with Crippen LogP contribution in [-0.2, 0) is 9.53 Å². The van der Waals surface area contributed by atoms with Crippen molar-refractivity contribution in [2.24, 2.45) is 0 Å². The molecular formula is C25H22N2O3. The number of amides is 1. The Balaban J connectivity index is 1.62. The number of carbonyl (C=O) groups excluding carboxylic acids is 2. The highest BCUT2D eigenvalue weighted by atomic mass is 16.5. The third-order valence-corrected chi connectivity index (χ3v) is 4.97. The molecule has 0 bridgehead atoms. The van der Waals surface area contributed by atoms with Crippen molar-refractivity contribution in [3.05, 3.63) is 101 Å². The quantitative estimate of drug-likeness (QED) is 0.447. The molecule has 0 spiro atoms. The number of aromatic nitrogens is 1. The second-order valence-corrected chi connectivity index (χ2v) is 7.27. The summed E-state index contributed by atoms with van der Waals surface area (Å²) in [5.41, 5.74) is 4.40. The van der Waals surface area contributed by atoms with Crippen molar-refractivity contribution in [2.75, 3.05) is 5.32 Å². The number of H-pyrrole nitrogens is 1. The SMILES string of the molecule is Cc1ccc(C)c(NC(=O)[C@H](OC(=O)c2cc3ccccc3[nH]2)c2ccccc2)c1.